The molecule has 41 heavy (non-hydrogen) atoms. The molecule has 0 aromatic heterocycles. The Morgan fingerprint density at radius 3 is 2.83 bits per heavy atom. The third-order valence-electron chi connectivity index (χ3n) is 9.32. The highest BCUT2D eigenvalue weighted by molar-refractivity contribution is 6.29. The lowest BCUT2D eigenvalue weighted by Crippen LogP contribution is -2.47. The number of esters is 1. The number of methoxy groups -OCH3 is 1. The van der Waals surface area contributed by atoms with E-state index in [2.05, 4.69) is 55.3 Å². The second-order valence-corrected chi connectivity index (χ2v) is 13.3. The van der Waals surface area contributed by atoms with Crippen molar-refractivity contribution in [1.82, 2.24) is 10.2 Å². The third kappa shape index (κ3) is 8.77. The molecular formula is C33H52ClN3O4. The molecule has 2 aliphatic heterocycles. The van der Waals surface area contributed by atoms with Crippen molar-refractivity contribution in [3.8, 4) is 0 Å². The molecule has 0 radical (unpaired) electrons. The lowest BCUT2D eigenvalue weighted by Gasteiger charge is -2.39. The Labute approximate surface area is 252 Å². The summed E-state index contributed by atoms with van der Waals surface area (Å²) in [5.74, 6) is 0.373. The fourth-order valence-electron chi connectivity index (χ4n) is 7.07. The van der Waals surface area contributed by atoms with Crippen LogP contribution in [0, 0.1) is 17.3 Å². The molecule has 0 aromatic carbocycles. The Morgan fingerprint density at radius 2 is 2.10 bits per heavy atom. The number of piperidine rings is 1. The zero-order valence-electron chi connectivity index (χ0n) is 25.6. The van der Waals surface area contributed by atoms with E-state index in [4.69, 9.17) is 31.5 Å². The van der Waals surface area contributed by atoms with Crippen molar-refractivity contribution in [1.29, 1.82) is 0 Å². The van der Waals surface area contributed by atoms with E-state index in [1.54, 1.807) is 0 Å². The van der Waals surface area contributed by atoms with Gasteiger partial charge in [-0.3, -0.25) is 0 Å². The summed E-state index contributed by atoms with van der Waals surface area (Å²) in [6, 6.07) is 0.351. The maximum absolute atomic E-state index is 11.7. The van der Waals surface area contributed by atoms with Crippen molar-refractivity contribution in [2.45, 2.75) is 90.0 Å². The average Bonchev–Trinajstić information content (AvgIpc) is 3.12. The SMILES string of the molecule is CCCN(CC/C=C1/[C@H]2C[C@@H](OCC(=O)OC)C=CC2OCC2NCCC[C@@H]12)CC(C)(C)C(N)C1=CC=C(Cl)CC1. The van der Waals surface area contributed by atoms with Crippen LogP contribution >= 0.6 is 11.6 Å². The minimum absolute atomic E-state index is 0.00557. The largest absolute Gasteiger partial charge is 0.467 e. The first-order valence-electron chi connectivity index (χ1n) is 15.7. The molecule has 4 rings (SSSR count). The third-order valence-corrected chi connectivity index (χ3v) is 9.63. The zero-order valence-corrected chi connectivity index (χ0v) is 26.3. The summed E-state index contributed by atoms with van der Waals surface area (Å²) >= 11 is 6.21. The summed E-state index contributed by atoms with van der Waals surface area (Å²) in [5.41, 5.74) is 9.59. The Hall–Kier alpha value is -1.48. The summed E-state index contributed by atoms with van der Waals surface area (Å²) < 4.78 is 17.2. The minimum atomic E-state index is -0.344. The quantitative estimate of drug-likeness (QED) is 0.242. The zero-order chi connectivity index (χ0) is 29.4. The van der Waals surface area contributed by atoms with Gasteiger partial charge in [0.05, 0.1) is 25.9 Å². The maximum atomic E-state index is 11.7. The molecule has 8 heteroatoms. The monoisotopic (exact) mass is 589 g/mol. The molecule has 2 aliphatic carbocycles. The van der Waals surface area contributed by atoms with Crippen LogP contribution in [0.4, 0.5) is 0 Å². The predicted octanol–water partition coefficient (Wildman–Crippen LogP) is 5.11. The molecule has 0 bridgehead atoms. The van der Waals surface area contributed by atoms with E-state index >= 15 is 0 Å². The molecule has 3 N–H and O–H groups in total. The maximum Gasteiger partial charge on any atom is 0.331 e. The minimum Gasteiger partial charge on any atom is -0.467 e. The molecule has 2 fully saturated rings. The summed E-state index contributed by atoms with van der Waals surface area (Å²) in [6.45, 7) is 11.6. The van der Waals surface area contributed by atoms with Gasteiger partial charge in [-0.15, -0.1) is 0 Å². The Balaban J connectivity index is 1.46. The summed E-state index contributed by atoms with van der Waals surface area (Å²) in [5, 5.41) is 4.64. The molecule has 0 spiro atoms. The van der Waals surface area contributed by atoms with Gasteiger partial charge in [-0.05, 0) is 75.4 Å². The number of allylic oxidation sites excluding steroid dienone is 3. The van der Waals surface area contributed by atoms with Gasteiger partial charge in [-0.1, -0.05) is 67.8 Å². The molecule has 0 amide bonds. The molecule has 4 aliphatic rings. The van der Waals surface area contributed by atoms with Crippen molar-refractivity contribution >= 4 is 17.6 Å². The first kappa shape index (κ1) is 32.4. The van der Waals surface area contributed by atoms with Crippen LogP contribution in [-0.4, -0.2) is 81.7 Å². The number of ether oxygens (including phenoxy) is 3. The second-order valence-electron chi connectivity index (χ2n) is 12.9. The van der Waals surface area contributed by atoms with E-state index in [-0.39, 0.29) is 42.2 Å². The number of hydrogen-bond acceptors (Lipinski definition) is 7. The van der Waals surface area contributed by atoms with E-state index < -0.39 is 0 Å². The van der Waals surface area contributed by atoms with Gasteiger partial charge in [0.15, 0.2) is 0 Å². The van der Waals surface area contributed by atoms with E-state index in [0.29, 0.717) is 12.0 Å². The lowest BCUT2D eigenvalue weighted by atomic mass is 9.74. The van der Waals surface area contributed by atoms with Crippen molar-refractivity contribution in [3.63, 3.8) is 0 Å². The van der Waals surface area contributed by atoms with Gasteiger partial charge < -0.3 is 30.2 Å². The van der Waals surface area contributed by atoms with E-state index in [1.165, 1.54) is 31.1 Å². The van der Waals surface area contributed by atoms with Gasteiger partial charge in [0.1, 0.15) is 6.61 Å². The first-order chi connectivity index (χ1) is 19.7. The van der Waals surface area contributed by atoms with Crippen LogP contribution in [0.5, 0.6) is 0 Å². The van der Waals surface area contributed by atoms with Crippen LogP contribution in [0.3, 0.4) is 0 Å². The van der Waals surface area contributed by atoms with Gasteiger partial charge in [-0.2, -0.15) is 0 Å². The number of nitrogens with two attached hydrogens (primary N) is 1. The number of nitrogens with zero attached hydrogens (tertiary/aromatic N) is 1. The van der Waals surface area contributed by atoms with Crippen LogP contribution in [-0.2, 0) is 19.0 Å². The van der Waals surface area contributed by atoms with Crippen LogP contribution < -0.4 is 11.1 Å². The lowest BCUT2D eigenvalue weighted by molar-refractivity contribution is -0.147. The Bertz CT molecular complexity index is 1010. The highest BCUT2D eigenvalue weighted by atomic mass is 35.5. The van der Waals surface area contributed by atoms with Crippen molar-refractivity contribution in [2.24, 2.45) is 23.0 Å². The van der Waals surface area contributed by atoms with Gasteiger partial charge in [0.2, 0.25) is 0 Å². The number of carbonyl (C=O) groups excluding carboxylic acids is 1. The molecule has 0 aromatic rings. The predicted molar refractivity (Wildman–Crippen MR) is 166 cm³/mol. The van der Waals surface area contributed by atoms with Gasteiger partial charge in [0.25, 0.3) is 0 Å². The van der Waals surface area contributed by atoms with Gasteiger partial charge >= 0.3 is 5.97 Å². The normalized spacial score (nSPS) is 30.2. The van der Waals surface area contributed by atoms with Crippen molar-refractivity contribution in [2.75, 3.05) is 46.5 Å². The molecule has 6 atom stereocenters. The number of hydrogen-bond donors (Lipinski definition) is 2. The molecule has 3 unspecified atom stereocenters. The van der Waals surface area contributed by atoms with Crippen LogP contribution in [0.1, 0.15) is 65.7 Å². The fourth-order valence-corrected chi connectivity index (χ4v) is 7.23. The molecule has 2 heterocycles. The first-order valence-corrected chi connectivity index (χ1v) is 16.0. The summed E-state index contributed by atoms with van der Waals surface area (Å²) in [7, 11) is 1.39. The van der Waals surface area contributed by atoms with E-state index in [9.17, 15) is 4.79 Å². The average molecular weight is 590 g/mol. The number of halogens is 1. The highest BCUT2D eigenvalue weighted by Gasteiger charge is 2.41. The van der Waals surface area contributed by atoms with Crippen LogP contribution in [0.25, 0.3) is 0 Å². The van der Waals surface area contributed by atoms with Crippen molar-refractivity contribution < 1.29 is 19.0 Å². The summed E-state index contributed by atoms with van der Waals surface area (Å²) in [4.78, 5) is 14.3. The highest BCUT2D eigenvalue weighted by Crippen LogP contribution is 2.41. The topological polar surface area (TPSA) is 86.0 Å². The smallest absolute Gasteiger partial charge is 0.331 e. The van der Waals surface area contributed by atoms with Crippen molar-refractivity contribution in [3.05, 3.63) is 46.6 Å². The van der Waals surface area contributed by atoms with Crippen LogP contribution in [0.15, 0.2) is 46.6 Å². The molecule has 0 saturated carbocycles. The fraction of sp³-hybridized carbons (Fsp3) is 0.727. The molecular weight excluding hydrogens is 538 g/mol. The number of nitrogens with one attached hydrogen (secondary N) is 1. The Kier molecular flexibility index (Phi) is 12.1. The second kappa shape index (κ2) is 15.3. The van der Waals surface area contributed by atoms with Gasteiger partial charge in [-0.25, -0.2) is 4.79 Å². The number of fused-ring (bicyclic) bond motifs is 2. The molecule has 7 nitrogen and oxygen atoms in total. The summed E-state index contributed by atoms with van der Waals surface area (Å²) in [6.07, 6.45) is 17.9. The van der Waals surface area contributed by atoms with E-state index in [0.717, 1.165) is 69.9 Å². The van der Waals surface area contributed by atoms with E-state index in [1.807, 2.05) is 6.08 Å². The molecule has 230 valence electrons. The standard InChI is InChI=1S/C33H52ClN3O4/c1-5-17-37(22-33(2,3)32(35)23-10-12-24(34)13-11-23)18-7-9-26-27-8-6-16-36-29(27)20-41-30-15-14-25(19-28(26)30)40-21-31(38)39-4/h9-10,12,14-15,25,27-30,32,36H,5-8,11,13,16-22,35H2,1-4H3/b26-9+/t25-,27-,28+,29?,30?,32?/m0/s1. The Morgan fingerprint density at radius 1 is 1.27 bits per heavy atom. The number of carbonyl (C=O) groups is 1. The molecule has 2 saturated heterocycles. The number of rotatable bonds is 12. The van der Waals surface area contributed by atoms with Gasteiger partial charge in [0, 0.05) is 36.1 Å². The van der Waals surface area contributed by atoms with Crippen LogP contribution in [0.2, 0.25) is 0 Å².